The Morgan fingerprint density at radius 1 is 1.28 bits per heavy atom. The number of hydrogen-bond donors (Lipinski definition) is 1. The number of benzene rings is 1. The molecule has 0 radical (unpaired) electrons. The van der Waals surface area contributed by atoms with Gasteiger partial charge in [-0.25, -0.2) is 0 Å². The Morgan fingerprint density at radius 2 is 2.06 bits per heavy atom. The summed E-state index contributed by atoms with van der Waals surface area (Å²) in [5.74, 6) is 0.929. The lowest BCUT2D eigenvalue weighted by Gasteiger charge is -2.34. The van der Waals surface area contributed by atoms with Crippen molar-refractivity contribution in [3.8, 4) is 5.75 Å². The van der Waals surface area contributed by atoms with E-state index in [0.29, 0.717) is 12.6 Å². The molecule has 2 rings (SSSR count). The van der Waals surface area contributed by atoms with E-state index >= 15 is 0 Å². The third kappa shape index (κ3) is 3.47. The van der Waals surface area contributed by atoms with Crippen molar-refractivity contribution in [3.63, 3.8) is 0 Å². The summed E-state index contributed by atoms with van der Waals surface area (Å²) in [7, 11) is 0. The molecule has 1 aromatic rings. The highest BCUT2D eigenvalue weighted by Gasteiger charge is 2.21. The molecule has 0 spiro atoms. The summed E-state index contributed by atoms with van der Waals surface area (Å²) in [6.07, 6.45) is 3.60. The Balaban J connectivity index is 1.95. The van der Waals surface area contributed by atoms with E-state index in [1.165, 1.54) is 18.4 Å². The van der Waals surface area contributed by atoms with Crippen molar-refractivity contribution in [1.82, 2.24) is 4.90 Å². The van der Waals surface area contributed by atoms with Gasteiger partial charge in [-0.3, -0.25) is 4.90 Å². The molecule has 1 aliphatic rings. The molecular formula is C15H23NO2. The van der Waals surface area contributed by atoms with E-state index in [0.717, 1.165) is 25.3 Å². The van der Waals surface area contributed by atoms with Gasteiger partial charge in [0.2, 0.25) is 0 Å². The van der Waals surface area contributed by atoms with Crippen molar-refractivity contribution < 1.29 is 9.84 Å². The Hall–Kier alpha value is -1.06. The SMILES string of the molecule is CCOc1ccc(CN2CCCCC2CO)cc1. The number of rotatable bonds is 5. The minimum atomic E-state index is 0.275. The van der Waals surface area contributed by atoms with Crippen LogP contribution in [0.3, 0.4) is 0 Å². The number of likely N-dealkylation sites (tertiary alicyclic amines) is 1. The maximum Gasteiger partial charge on any atom is 0.119 e. The van der Waals surface area contributed by atoms with Crippen molar-refractivity contribution in [2.45, 2.75) is 38.8 Å². The highest BCUT2D eigenvalue weighted by molar-refractivity contribution is 5.27. The molecule has 1 aliphatic heterocycles. The summed E-state index contributed by atoms with van der Waals surface area (Å²) < 4.78 is 5.44. The fourth-order valence-electron chi connectivity index (χ4n) is 2.57. The molecule has 0 aliphatic carbocycles. The van der Waals surface area contributed by atoms with Gasteiger partial charge in [-0.05, 0) is 44.0 Å². The summed E-state index contributed by atoms with van der Waals surface area (Å²) in [5, 5.41) is 9.39. The molecule has 3 heteroatoms. The molecule has 100 valence electrons. The van der Waals surface area contributed by atoms with E-state index in [1.54, 1.807) is 0 Å². The maximum absolute atomic E-state index is 9.39. The largest absolute Gasteiger partial charge is 0.494 e. The van der Waals surface area contributed by atoms with Gasteiger partial charge in [0.05, 0.1) is 13.2 Å². The van der Waals surface area contributed by atoms with Gasteiger partial charge in [0, 0.05) is 12.6 Å². The summed E-state index contributed by atoms with van der Waals surface area (Å²) in [5.41, 5.74) is 1.29. The zero-order valence-corrected chi connectivity index (χ0v) is 11.1. The predicted molar refractivity (Wildman–Crippen MR) is 72.7 cm³/mol. The minimum absolute atomic E-state index is 0.275. The van der Waals surface area contributed by atoms with Crippen LogP contribution in [0.2, 0.25) is 0 Å². The van der Waals surface area contributed by atoms with Crippen LogP contribution >= 0.6 is 0 Å². The smallest absolute Gasteiger partial charge is 0.119 e. The molecule has 1 atom stereocenters. The molecule has 1 saturated heterocycles. The second-order valence-electron chi connectivity index (χ2n) is 4.88. The average Bonchev–Trinajstić information content (AvgIpc) is 2.42. The molecule has 1 fully saturated rings. The first-order valence-electron chi connectivity index (χ1n) is 6.90. The van der Waals surface area contributed by atoms with Gasteiger partial charge in [-0.15, -0.1) is 0 Å². The Bertz CT molecular complexity index is 350. The molecule has 1 N–H and O–H groups in total. The first kappa shape index (κ1) is 13.4. The topological polar surface area (TPSA) is 32.7 Å². The van der Waals surface area contributed by atoms with E-state index in [-0.39, 0.29) is 6.61 Å². The van der Waals surface area contributed by atoms with Crippen molar-refractivity contribution >= 4 is 0 Å². The van der Waals surface area contributed by atoms with Crippen molar-refractivity contribution in [2.75, 3.05) is 19.8 Å². The Kier molecular flexibility index (Phi) is 5.02. The predicted octanol–water partition coefficient (Wildman–Crippen LogP) is 2.43. The molecule has 0 saturated carbocycles. The molecule has 0 amide bonds. The van der Waals surface area contributed by atoms with E-state index < -0.39 is 0 Å². The maximum atomic E-state index is 9.39. The zero-order valence-electron chi connectivity index (χ0n) is 11.1. The van der Waals surface area contributed by atoms with Crippen molar-refractivity contribution in [3.05, 3.63) is 29.8 Å². The van der Waals surface area contributed by atoms with Crippen molar-refractivity contribution in [1.29, 1.82) is 0 Å². The second kappa shape index (κ2) is 6.76. The lowest BCUT2D eigenvalue weighted by atomic mass is 10.0. The molecular weight excluding hydrogens is 226 g/mol. The van der Waals surface area contributed by atoms with E-state index in [2.05, 4.69) is 17.0 Å². The average molecular weight is 249 g/mol. The third-order valence-corrected chi connectivity index (χ3v) is 3.58. The fourth-order valence-corrected chi connectivity index (χ4v) is 2.57. The number of nitrogens with zero attached hydrogens (tertiary/aromatic N) is 1. The first-order valence-corrected chi connectivity index (χ1v) is 6.90. The number of hydrogen-bond acceptors (Lipinski definition) is 3. The van der Waals surface area contributed by atoms with Crippen LogP contribution in [-0.2, 0) is 6.54 Å². The van der Waals surface area contributed by atoms with E-state index in [9.17, 15) is 5.11 Å². The number of ether oxygens (including phenoxy) is 1. The molecule has 1 aromatic carbocycles. The number of piperidine rings is 1. The van der Waals surface area contributed by atoms with Crippen LogP contribution in [-0.4, -0.2) is 35.8 Å². The van der Waals surface area contributed by atoms with E-state index in [1.807, 2.05) is 19.1 Å². The number of aliphatic hydroxyl groups excluding tert-OH is 1. The summed E-state index contributed by atoms with van der Waals surface area (Å²) in [4.78, 5) is 2.39. The van der Waals surface area contributed by atoms with Crippen LogP contribution in [0.1, 0.15) is 31.7 Å². The standard InChI is InChI=1S/C15H23NO2/c1-2-18-15-8-6-13(7-9-15)11-16-10-4-3-5-14(16)12-17/h6-9,14,17H,2-5,10-12H2,1H3. The quantitative estimate of drug-likeness (QED) is 0.870. The van der Waals surface area contributed by atoms with Gasteiger partial charge >= 0.3 is 0 Å². The second-order valence-corrected chi connectivity index (χ2v) is 4.88. The van der Waals surface area contributed by atoms with Gasteiger partial charge in [0.1, 0.15) is 5.75 Å². The monoisotopic (exact) mass is 249 g/mol. The highest BCUT2D eigenvalue weighted by Crippen LogP contribution is 2.20. The Morgan fingerprint density at radius 3 is 2.72 bits per heavy atom. The molecule has 1 unspecified atom stereocenters. The third-order valence-electron chi connectivity index (χ3n) is 3.58. The van der Waals surface area contributed by atoms with Gasteiger partial charge in [0.25, 0.3) is 0 Å². The Labute approximate surface area is 109 Å². The van der Waals surface area contributed by atoms with Crippen LogP contribution in [0.15, 0.2) is 24.3 Å². The van der Waals surface area contributed by atoms with Gasteiger partial charge < -0.3 is 9.84 Å². The van der Waals surface area contributed by atoms with Crippen LogP contribution in [0.5, 0.6) is 5.75 Å². The van der Waals surface area contributed by atoms with Gasteiger partial charge in [0.15, 0.2) is 0 Å². The summed E-state index contributed by atoms with van der Waals surface area (Å²) >= 11 is 0. The molecule has 1 heterocycles. The fraction of sp³-hybridized carbons (Fsp3) is 0.600. The van der Waals surface area contributed by atoms with Crippen LogP contribution in [0.4, 0.5) is 0 Å². The normalized spacial score (nSPS) is 20.9. The molecule has 0 aromatic heterocycles. The highest BCUT2D eigenvalue weighted by atomic mass is 16.5. The van der Waals surface area contributed by atoms with Gasteiger partial charge in [-0.1, -0.05) is 18.6 Å². The molecule has 18 heavy (non-hydrogen) atoms. The van der Waals surface area contributed by atoms with Crippen LogP contribution < -0.4 is 4.74 Å². The summed E-state index contributed by atoms with van der Waals surface area (Å²) in [6.45, 7) is 5.00. The molecule has 0 bridgehead atoms. The zero-order chi connectivity index (χ0) is 12.8. The lowest BCUT2D eigenvalue weighted by molar-refractivity contribution is 0.0841. The minimum Gasteiger partial charge on any atom is -0.494 e. The van der Waals surface area contributed by atoms with Crippen LogP contribution in [0.25, 0.3) is 0 Å². The van der Waals surface area contributed by atoms with Crippen molar-refractivity contribution in [2.24, 2.45) is 0 Å². The van der Waals surface area contributed by atoms with E-state index in [4.69, 9.17) is 4.74 Å². The lowest BCUT2D eigenvalue weighted by Crippen LogP contribution is -2.41. The first-order chi connectivity index (χ1) is 8.83. The number of aliphatic hydroxyl groups is 1. The summed E-state index contributed by atoms with van der Waals surface area (Å²) in [6, 6.07) is 8.63. The molecule has 3 nitrogen and oxygen atoms in total. The van der Waals surface area contributed by atoms with Gasteiger partial charge in [-0.2, -0.15) is 0 Å². The van der Waals surface area contributed by atoms with Crippen LogP contribution in [0, 0.1) is 0 Å².